The van der Waals surface area contributed by atoms with Gasteiger partial charge in [0.15, 0.2) is 0 Å². The Labute approximate surface area is 260 Å². The minimum atomic E-state index is -0.391. The van der Waals surface area contributed by atoms with Gasteiger partial charge in [-0.25, -0.2) is 18.7 Å². The summed E-state index contributed by atoms with van der Waals surface area (Å²) in [5, 5.41) is 3.76. The van der Waals surface area contributed by atoms with E-state index in [1.807, 2.05) is 41.0 Å². The molecule has 0 aliphatic heterocycles. The SMILES string of the molecule is CNC(=O)c1c(-c2ccc(F)cc2)oc2cc(N(C)S)c(-c3ccc4nc(CSC)n5c6cccc(F)c6cc5c4n3)cc12. The molecule has 0 saturated heterocycles. The highest BCUT2D eigenvalue weighted by Gasteiger charge is 2.25. The minimum Gasteiger partial charge on any atom is -0.455 e. The van der Waals surface area contributed by atoms with E-state index in [1.165, 1.54) is 18.2 Å². The van der Waals surface area contributed by atoms with Crippen molar-refractivity contribution in [3.63, 3.8) is 0 Å². The largest absolute Gasteiger partial charge is 0.455 e. The third-order valence-corrected chi connectivity index (χ3v) is 8.44. The molecule has 0 atom stereocenters. The van der Waals surface area contributed by atoms with E-state index < -0.39 is 5.82 Å². The Hall–Kier alpha value is -4.61. The molecule has 0 radical (unpaired) electrons. The number of pyridine rings is 1. The quantitative estimate of drug-likeness (QED) is 0.183. The summed E-state index contributed by atoms with van der Waals surface area (Å²) in [7, 11) is 3.33. The number of thioether (sulfide) groups is 1. The Morgan fingerprint density at radius 2 is 1.82 bits per heavy atom. The van der Waals surface area contributed by atoms with Crippen molar-refractivity contribution >= 4 is 74.6 Å². The summed E-state index contributed by atoms with van der Waals surface area (Å²) in [4.78, 5) is 23.2. The molecule has 0 aliphatic carbocycles. The number of thiol groups is 1. The fourth-order valence-electron chi connectivity index (χ4n) is 5.70. The molecule has 0 unspecified atom stereocenters. The molecule has 7 aromatic rings. The lowest BCUT2D eigenvalue weighted by Gasteiger charge is -2.17. The average Bonchev–Trinajstić information content (AvgIpc) is 3.60. The van der Waals surface area contributed by atoms with Crippen LogP contribution in [0, 0.1) is 11.6 Å². The fourth-order valence-corrected chi connectivity index (χ4v) is 6.32. The van der Waals surface area contributed by atoms with Gasteiger partial charge in [0.05, 0.1) is 39.2 Å². The highest BCUT2D eigenvalue weighted by molar-refractivity contribution is 7.97. The number of nitrogens with zero attached hydrogens (tertiary/aromatic N) is 4. The molecule has 0 bridgehead atoms. The minimum absolute atomic E-state index is 0.311. The Morgan fingerprint density at radius 3 is 2.55 bits per heavy atom. The summed E-state index contributed by atoms with van der Waals surface area (Å²) < 4.78 is 38.5. The van der Waals surface area contributed by atoms with Gasteiger partial charge < -0.3 is 14.0 Å². The van der Waals surface area contributed by atoms with Gasteiger partial charge in [-0.15, -0.1) is 0 Å². The van der Waals surface area contributed by atoms with E-state index in [1.54, 1.807) is 54.4 Å². The monoisotopic (exact) mass is 625 g/mol. The van der Waals surface area contributed by atoms with Crippen LogP contribution in [0.3, 0.4) is 0 Å². The van der Waals surface area contributed by atoms with Gasteiger partial charge in [-0.05, 0) is 66.9 Å². The van der Waals surface area contributed by atoms with E-state index in [-0.39, 0.29) is 11.7 Å². The Balaban J connectivity index is 1.51. The first-order valence-electron chi connectivity index (χ1n) is 13.7. The summed E-state index contributed by atoms with van der Waals surface area (Å²) in [6.07, 6.45) is 2.00. The number of hydrogen-bond donors (Lipinski definition) is 2. The third kappa shape index (κ3) is 4.46. The van der Waals surface area contributed by atoms with Crippen LogP contribution in [0.1, 0.15) is 16.2 Å². The van der Waals surface area contributed by atoms with Gasteiger partial charge >= 0.3 is 0 Å². The topological polar surface area (TPSA) is 75.7 Å². The number of nitrogens with one attached hydrogen (secondary N) is 1. The normalized spacial score (nSPS) is 11.7. The molecule has 1 N–H and O–H groups in total. The van der Waals surface area contributed by atoms with E-state index in [0.29, 0.717) is 67.0 Å². The first-order chi connectivity index (χ1) is 21.3. The summed E-state index contributed by atoms with van der Waals surface area (Å²) in [6.45, 7) is 0. The van der Waals surface area contributed by atoms with Crippen LogP contribution in [-0.2, 0) is 5.75 Å². The molecule has 0 aliphatic rings. The number of anilines is 1. The molecule has 7 rings (SSSR count). The number of amides is 1. The number of fused-ring (bicyclic) bond motifs is 6. The van der Waals surface area contributed by atoms with Gasteiger partial charge in [-0.3, -0.25) is 9.20 Å². The Kier molecular flexibility index (Phi) is 6.94. The number of carbonyl (C=O) groups is 1. The molecule has 0 fully saturated rings. The predicted octanol–water partition coefficient (Wildman–Crippen LogP) is 7.90. The van der Waals surface area contributed by atoms with Gasteiger partial charge in [0.25, 0.3) is 5.91 Å². The Morgan fingerprint density at radius 1 is 1.02 bits per heavy atom. The fraction of sp³-hybridized carbons (Fsp3) is 0.121. The second-order valence-corrected chi connectivity index (χ2v) is 11.8. The van der Waals surface area contributed by atoms with Crippen LogP contribution in [0.25, 0.3) is 61.0 Å². The van der Waals surface area contributed by atoms with E-state index in [9.17, 15) is 13.6 Å². The van der Waals surface area contributed by atoms with Crippen LogP contribution >= 0.6 is 24.6 Å². The van der Waals surface area contributed by atoms with E-state index in [0.717, 1.165) is 16.9 Å². The molecule has 0 saturated carbocycles. The van der Waals surface area contributed by atoms with Crippen LogP contribution in [0.2, 0.25) is 0 Å². The first-order valence-corrected chi connectivity index (χ1v) is 15.5. The maximum atomic E-state index is 14.9. The number of rotatable bonds is 6. The van der Waals surface area contributed by atoms with Crippen LogP contribution in [0.15, 0.2) is 77.2 Å². The van der Waals surface area contributed by atoms with Crippen molar-refractivity contribution in [2.45, 2.75) is 5.75 Å². The zero-order chi connectivity index (χ0) is 30.7. The van der Waals surface area contributed by atoms with E-state index in [2.05, 4.69) is 18.1 Å². The highest BCUT2D eigenvalue weighted by atomic mass is 32.2. The number of aromatic nitrogens is 3. The van der Waals surface area contributed by atoms with Gasteiger partial charge in [-0.1, -0.05) is 18.9 Å². The number of hydrogen-bond acceptors (Lipinski definition) is 7. The molecule has 1 amide bonds. The molecule has 4 heterocycles. The van der Waals surface area contributed by atoms with Crippen molar-refractivity contribution in [3.05, 3.63) is 95.8 Å². The maximum absolute atomic E-state index is 14.9. The number of carbonyl (C=O) groups excluding carboxylic acids is 1. The predicted molar refractivity (Wildman–Crippen MR) is 177 cm³/mol. The van der Waals surface area contributed by atoms with E-state index in [4.69, 9.17) is 14.4 Å². The van der Waals surface area contributed by atoms with Crippen LogP contribution in [0.4, 0.5) is 14.5 Å². The third-order valence-electron chi connectivity index (χ3n) is 7.68. The second kappa shape index (κ2) is 10.8. The number of halogens is 2. The molecule has 0 spiro atoms. The van der Waals surface area contributed by atoms with E-state index >= 15 is 0 Å². The van der Waals surface area contributed by atoms with Crippen molar-refractivity contribution < 1.29 is 18.0 Å². The molecule has 3 aromatic carbocycles. The summed E-state index contributed by atoms with van der Waals surface area (Å²) in [6, 6.07) is 20.1. The molecule has 7 nitrogen and oxygen atoms in total. The summed E-state index contributed by atoms with van der Waals surface area (Å²) >= 11 is 6.24. The second-order valence-electron chi connectivity index (χ2n) is 10.3. The van der Waals surface area contributed by atoms with Gasteiger partial charge in [-0.2, -0.15) is 11.8 Å². The summed E-state index contributed by atoms with van der Waals surface area (Å²) in [5.41, 5.74) is 6.10. The lowest BCUT2D eigenvalue weighted by molar-refractivity contribution is 0.0964. The van der Waals surface area contributed by atoms with Crippen molar-refractivity contribution in [3.8, 4) is 22.6 Å². The van der Waals surface area contributed by atoms with Gasteiger partial charge in [0, 0.05) is 42.1 Å². The van der Waals surface area contributed by atoms with Crippen molar-refractivity contribution in [2.75, 3.05) is 24.7 Å². The lowest BCUT2D eigenvalue weighted by atomic mass is 10.0. The molecular formula is C33H25F2N5O2S2. The van der Waals surface area contributed by atoms with Crippen LogP contribution < -0.4 is 9.62 Å². The maximum Gasteiger partial charge on any atom is 0.255 e. The van der Waals surface area contributed by atoms with Gasteiger partial charge in [0.2, 0.25) is 0 Å². The van der Waals surface area contributed by atoms with Crippen molar-refractivity contribution in [1.29, 1.82) is 0 Å². The molecule has 220 valence electrons. The standard InChI is InChI=1S/C33H25F2N5O2S2/c1-36-33(41)30-21-13-20(26(39(2)43)15-28(21)42-32(30)17-7-9-18(34)10-8-17)23-11-12-24-31(38-23)27-14-19-22(35)5-4-6-25(19)40(27)29(37-24)16-44-3/h4-15,43H,16H2,1-3H3,(H,36,41). The zero-order valence-corrected chi connectivity index (χ0v) is 25.6. The molecule has 4 aromatic heterocycles. The summed E-state index contributed by atoms with van der Waals surface area (Å²) in [5.74, 6) is 0.714. The number of benzene rings is 3. The van der Waals surface area contributed by atoms with Crippen LogP contribution in [-0.4, -0.2) is 40.6 Å². The number of furan rings is 1. The smallest absolute Gasteiger partial charge is 0.255 e. The van der Waals surface area contributed by atoms with Crippen LogP contribution in [0.5, 0.6) is 0 Å². The first kappa shape index (κ1) is 28.2. The molecule has 11 heteroatoms. The average molecular weight is 626 g/mol. The molecular weight excluding hydrogens is 601 g/mol. The lowest BCUT2D eigenvalue weighted by Crippen LogP contribution is -2.18. The van der Waals surface area contributed by atoms with Crippen molar-refractivity contribution in [1.82, 2.24) is 19.7 Å². The highest BCUT2D eigenvalue weighted by Crippen LogP contribution is 2.41. The van der Waals surface area contributed by atoms with Gasteiger partial charge in [0.1, 0.15) is 34.3 Å². The van der Waals surface area contributed by atoms with Crippen molar-refractivity contribution in [2.24, 2.45) is 0 Å². The Bertz CT molecular complexity index is 2260. The molecule has 44 heavy (non-hydrogen) atoms. The zero-order valence-electron chi connectivity index (χ0n) is 23.9.